The van der Waals surface area contributed by atoms with Gasteiger partial charge < -0.3 is 9.84 Å². The van der Waals surface area contributed by atoms with Crippen LogP contribution < -0.4 is 5.32 Å². The molecule has 1 aromatic carbocycles. The number of aromatic nitrogens is 2. The number of sulfonamides is 1. The van der Waals surface area contributed by atoms with Crippen LogP contribution in [0, 0.1) is 24.2 Å². The summed E-state index contributed by atoms with van der Waals surface area (Å²) in [7, 11) is -3.65. The standard InChI is InChI=1S/C21H25N5O4S/c1-15-23-20(25-30-15)21(10-2-3-11-21)24-19(27)17-8-12-26(13-9-17)31(28,29)18-6-4-16(14-22)5-7-18/h4-7,17H,2-3,8-13H2,1H3,(H,24,27). The second-order valence-corrected chi connectivity index (χ2v) is 10.2. The first kappa shape index (κ1) is 21.5. The molecule has 2 aliphatic rings. The van der Waals surface area contributed by atoms with Crippen molar-refractivity contribution in [2.75, 3.05) is 13.1 Å². The minimum absolute atomic E-state index is 0.0835. The van der Waals surface area contributed by atoms with Crippen molar-refractivity contribution in [1.82, 2.24) is 19.8 Å². The molecule has 1 aromatic heterocycles. The molecule has 9 nitrogen and oxygen atoms in total. The Balaban J connectivity index is 1.41. The SMILES string of the molecule is Cc1nc(C2(NC(=O)C3CCN(S(=O)(=O)c4ccc(C#N)cc4)CC3)CCCC2)no1. The van der Waals surface area contributed by atoms with E-state index in [1.807, 2.05) is 6.07 Å². The molecule has 0 atom stereocenters. The van der Waals surface area contributed by atoms with Gasteiger partial charge in [0, 0.05) is 25.9 Å². The average Bonchev–Trinajstić information content (AvgIpc) is 3.44. The van der Waals surface area contributed by atoms with Crippen LogP contribution in [0.4, 0.5) is 0 Å². The number of nitrogens with one attached hydrogen (secondary N) is 1. The van der Waals surface area contributed by atoms with Crippen molar-refractivity contribution in [2.24, 2.45) is 5.92 Å². The Hall–Kier alpha value is -2.77. The average molecular weight is 444 g/mol. The van der Waals surface area contributed by atoms with Gasteiger partial charge in [-0.05, 0) is 49.9 Å². The van der Waals surface area contributed by atoms with E-state index >= 15 is 0 Å². The van der Waals surface area contributed by atoms with Crippen LogP contribution in [0.15, 0.2) is 33.7 Å². The van der Waals surface area contributed by atoms with Crippen molar-refractivity contribution < 1.29 is 17.7 Å². The van der Waals surface area contributed by atoms with Gasteiger partial charge in [-0.15, -0.1) is 0 Å². The zero-order valence-corrected chi connectivity index (χ0v) is 18.2. The Labute approximate surface area is 181 Å². The van der Waals surface area contributed by atoms with E-state index in [-0.39, 0.29) is 29.8 Å². The highest BCUT2D eigenvalue weighted by Crippen LogP contribution is 2.38. The molecule has 0 radical (unpaired) electrons. The normalized spacial score (nSPS) is 19.7. The fraction of sp³-hybridized carbons (Fsp3) is 0.524. The Morgan fingerprint density at radius 1 is 1.23 bits per heavy atom. The molecule has 10 heteroatoms. The molecule has 2 fully saturated rings. The fourth-order valence-electron chi connectivity index (χ4n) is 4.42. The first-order valence-corrected chi connectivity index (χ1v) is 11.9. The maximum absolute atomic E-state index is 13.0. The molecule has 31 heavy (non-hydrogen) atoms. The maximum Gasteiger partial charge on any atom is 0.243 e. The Kier molecular flexibility index (Phi) is 5.81. The lowest BCUT2D eigenvalue weighted by Crippen LogP contribution is -2.49. The van der Waals surface area contributed by atoms with E-state index in [2.05, 4.69) is 15.5 Å². The molecule has 1 saturated carbocycles. The van der Waals surface area contributed by atoms with Gasteiger partial charge in [-0.3, -0.25) is 4.79 Å². The molecule has 0 spiro atoms. The van der Waals surface area contributed by atoms with E-state index < -0.39 is 15.6 Å². The molecule has 1 saturated heterocycles. The van der Waals surface area contributed by atoms with Crippen molar-refractivity contribution in [3.8, 4) is 6.07 Å². The van der Waals surface area contributed by atoms with E-state index in [9.17, 15) is 13.2 Å². The summed E-state index contributed by atoms with van der Waals surface area (Å²) in [5, 5.41) is 16.1. The van der Waals surface area contributed by atoms with Gasteiger partial charge in [-0.25, -0.2) is 8.42 Å². The van der Waals surface area contributed by atoms with Crippen molar-refractivity contribution >= 4 is 15.9 Å². The quantitative estimate of drug-likeness (QED) is 0.750. The number of carbonyl (C=O) groups is 1. The monoisotopic (exact) mass is 443 g/mol. The van der Waals surface area contributed by atoms with Gasteiger partial charge >= 0.3 is 0 Å². The number of aryl methyl sites for hydroxylation is 1. The largest absolute Gasteiger partial charge is 0.343 e. The summed E-state index contributed by atoms with van der Waals surface area (Å²) in [6.07, 6.45) is 4.39. The van der Waals surface area contributed by atoms with Crippen LogP contribution >= 0.6 is 0 Å². The lowest BCUT2D eigenvalue weighted by Gasteiger charge is -2.33. The van der Waals surface area contributed by atoms with Gasteiger partial charge in [-0.2, -0.15) is 14.6 Å². The number of hydrogen-bond donors (Lipinski definition) is 1. The third-order valence-electron chi connectivity index (χ3n) is 6.22. The Morgan fingerprint density at radius 3 is 2.42 bits per heavy atom. The van der Waals surface area contributed by atoms with E-state index in [1.54, 1.807) is 6.92 Å². The van der Waals surface area contributed by atoms with E-state index in [4.69, 9.17) is 9.78 Å². The van der Waals surface area contributed by atoms with Gasteiger partial charge in [0.1, 0.15) is 5.54 Å². The molecule has 1 N–H and O–H groups in total. The lowest BCUT2D eigenvalue weighted by molar-refractivity contribution is -0.128. The number of nitriles is 1. The number of hydrogen-bond acceptors (Lipinski definition) is 7. The number of piperidine rings is 1. The number of amides is 1. The minimum atomic E-state index is -3.65. The Morgan fingerprint density at radius 2 is 1.87 bits per heavy atom. The zero-order chi connectivity index (χ0) is 22.1. The fourth-order valence-corrected chi connectivity index (χ4v) is 5.89. The molecule has 2 heterocycles. The molecule has 1 amide bonds. The van der Waals surface area contributed by atoms with E-state index in [1.165, 1.54) is 28.6 Å². The Bertz CT molecular complexity index is 1090. The lowest BCUT2D eigenvalue weighted by atomic mass is 9.92. The van der Waals surface area contributed by atoms with E-state index in [0.29, 0.717) is 30.1 Å². The van der Waals surface area contributed by atoms with Crippen LogP contribution in [0.1, 0.15) is 55.8 Å². The summed E-state index contributed by atoms with van der Waals surface area (Å²) < 4.78 is 32.3. The van der Waals surface area contributed by atoms with Crippen molar-refractivity contribution in [2.45, 2.75) is 55.9 Å². The van der Waals surface area contributed by atoms with Crippen molar-refractivity contribution in [1.29, 1.82) is 5.26 Å². The third-order valence-corrected chi connectivity index (χ3v) is 8.13. The summed E-state index contributed by atoms with van der Waals surface area (Å²) in [4.78, 5) is 17.6. The van der Waals surface area contributed by atoms with Crippen molar-refractivity contribution in [3.05, 3.63) is 41.5 Å². The minimum Gasteiger partial charge on any atom is -0.343 e. The topological polar surface area (TPSA) is 129 Å². The summed E-state index contributed by atoms with van der Waals surface area (Å²) in [6, 6.07) is 7.86. The molecule has 164 valence electrons. The summed E-state index contributed by atoms with van der Waals surface area (Å²) in [5.74, 6) is 0.645. The first-order chi connectivity index (χ1) is 14.8. The molecular weight excluding hydrogens is 418 g/mol. The third kappa shape index (κ3) is 4.20. The van der Waals surface area contributed by atoms with Crippen LogP contribution in [0.3, 0.4) is 0 Å². The highest BCUT2D eigenvalue weighted by atomic mass is 32.2. The molecule has 0 unspecified atom stereocenters. The second-order valence-electron chi connectivity index (χ2n) is 8.23. The zero-order valence-electron chi connectivity index (χ0n) is 17.4. The predicted octanol–water partition coefficient (Wildman–Crippen LogP) is 2.24. The first-order valence-electron chi connectivity index (χ1n) is 10.5. The number of benzene rings is 1. The molecule has 4 rings (SSSR count). The van der Waals surface area contributed by atoms with E-state index in [0.717, 1.165) is 25.7 Å². The molecule has 2 aromatic rings. The van der Waals surface area contributed by atoms with Crippen LogP contribution in [-0.2, 0) is 20.4 Å². The summed E-state index contributed by atoms with van der Waals surface area (Å²) >= 11 is 0. The van der Waals surface area contributed by atoms with Crippen molar-refractivity contribution in [3.63, 3.8) is 0 Å². The molecule has 1 aliphatic heterocycles. The summed E-state index contributed by atoms with van der Waals surface area (Å²) in [6.45, 7) is 2.27. The second kappa shape index (κ2) is 8.40. The number of carbonyl (C=O) groups excluding carboxylic acids is 1. The van der Waals surface area contributed by atoms with Gasteiger partial charge in [0.25, 0.3) is 0 Å². The van der Waals surface area contributed by atoms with Gasteiger partial charge in [0.2, 0.25) is 21.8 Å². The molecular formula is C21H25N5O4S. The van der Waals surface area contributed by atoms with Gasteiger partial charge in [-0.1, -0.05) is 18.0 Å². The maximum atomic E-state index is 13.0. The predicted molar refractivity (Wildman–Crippen MR) is 110 cm³/mol. The number of rotatable bonds is 5. The highest BCUT2D eigenvalue weighted by molar-refractivity contribution is 7.89. The van der Waals surface area contributed by atoms with Gasteiger partial charge in [0.15, 0.2) is 5.82 Å². The van der Waals surface area contributed by atoms with Crippen LogP contribution in [-0.4, -0.2) is 41.9 Å². The van der Waals surface area contributed by atoms with Crippen LogP contribution in [0.25, 0.3) is 0 Å². The van der Waals surface area contributed by atoms with Crippen LogP contribution in [0.5, 0.6) is 0 Å². The molecule has 1 aliphatic carbocycles. The smallest absolute Gasteiger partial charge is 0.243 e. The van der Waals surface area contributed by atoms with Gasteiger partial charge in [0.05, 0.1) is 16.5 Å². The molecule has 0 bridgehead atoms. The highest BCUT2D eigenvalue weighted by Gasteiger charge is 2.43. The van der Waals surface area contributed by atoms with Crippen LogP contribution in [0.2, 0.25) is 0 Å². The summed E-state index contributed by atoms with van der Waals surface area (Å²) in [5.41, 5.74) is -0.187. The number of nitrogens with zero attached hydrogens (tertiary/aromatic N) is 4.